The van der Waals surface area contributed by atoms with Crippen LogP contribution in [0.4, 0.5) is 10.1 Å². The number of halogens is 1. The van der Waals surface area contributed by atoms with Gasteiger partial charge in [0, 0.05) is 18.3 Å². The van der Waals surface area contributed by atoms with E-state index in [1.54, 1.807) is 42.6 Å². The maximum atomic E-state index is 13.6. The van der Waals surface area contributed by atoms with Gasteiger partial charge in [0.25, 0.3) is 5.91 Å². The molecular weight excluding hydrogens is 407 g/mol. The Morgan fingerprint density at radius 1 is 1.10 bits per heavy atom. The number of anilines is 1. The van der Waals surface area contributed by atoms with Crippen molar-refractivity contribution in [2.75, 3.05) is 11.9 Å². The second kappa shape index (κ2) is 8.78. The van der Waals surface area contributed by atoms with E-state index in [1.165, 1.54) is 16.9 Å². The predicted molar refractivity (Wildman–Crippen MR) is 111 cm³/mol. The fourth-order valence-corrected chi connectivity index (χ4v) is 3.40. The lowest BCUT2D eigenvalue weighted by Gasteiger charge is -2.06. The molecule has 152 valence electrons. The fraction of sp³-hybridized carbons (Fsp3) is 0.150. The van der Waals surface area contributed by atoms with Crippen LogP contribution in [0.25, 0.3) is 11.0 Å². The molecule has 0 saturated heterocycles. The molecular formula is C20H17FN6O2S. The molecule has 0 unspecified atom stereocenters. The summed E-state index contributed by atoms with van der Waals surface area (Å²) in [4.78, 5) is 24.5. The highest BCUT2D eigenvalue weighted by molar-refractivity contribution is 7.00. The third-order valence-corrected chi connectivity index (χ3v) is 4.94. The Hall–Kier alpha value is -3.66. The van der Waals surface area contributed by atoms with Crippen molar-refractivity contribution in [3.63, 3.8) is 0 Å². The van der Waals surface area contributed by atoms with Gasteiger partial charge in [0.2, 0.25) is 5.91 Å². The first-order valence-electron chi connectivity index (χ1n) is 9.15. The van der Waals surface area contributed by atoms with Gasteiger partial charge in [-0.2, -0.15) is 13.8 Å². The third-order valence-electron chi connectivity index (χ3n) is 4.39. The number of amides is 2. The molecule has 0 radical (unpaired) electrons. The maximum Gasteiger partial charge on any atom is 0.255 e. The van der Waals surface area contributed by atoms with Crippen LogP contribution >= 0.6 is 11.7 Å². The average Bonchev–Trinajstić information content (AvgIpc) is 3.38. The summed E-state index contributed by atoms with van der Waals surface area (Å²) in [5.74, 6) is -0.850. The molecule has 0 fully saturated rings. The molecule has 30 heavy (non-hydrogen) atoms. The minimum atomic E-state index is -0.307. The first-order chi connectivity index (χ1) is 14.6. The van der Waals surface area contributed by atoms with Crippen LogP contribution in [-0.2, 0) is 17.8 Å². The fourth-order valence-electron chi connectivity index (χ4n) is 2.88. The van der Waals surface area contributed by atoms with Crippen LogP contribution in [0.3, 0.4) is 0 Å². The van der Waals surface area contributed by atoms with Gasteiger partial charge >= 0.3 is 0 Å². The molecule has 0 atom stereocenters. The van der Waals surface area contributed by atoms with Gasteiger partial charge in [0.05, 0.1) is 23.6 Å². The van der Waals surface area contributed by atoms with Crippen molar-refractivity contribution in [2.45, 2.75) is 13.0 Å². The summed E-state index contributed by atoms with van der Waals surface area (Å²) in [6.07, 6.45) is 3.43. The van der Waals surface area contributed by atoms with Gasteiger partial charge in [-0.25, -0.2) is 4.39 Å². The van der Waals surface area contributed by atoms with Gasteiger partial charge in [-0.15, -0.1) is 0 Å². The second-order valence-corrected chi connectivity index (χ2v) is 7.07. The van der Waals surface area contributed by atoms with Crippen molar-refractivity contribution in [1.82, 2.24) is 23.8 Å². The van der Waals surface area contributed by atoms with Crippen molar-refractivity contribution >= 4 is 40.3 Å². The number of hydrogen-bond donors (Lipinski definition) is 2. The number of hydrogen-bond acceptors (Lipinski definition) is 6. The highest BCUT2D eigenvalue weighted by Crippen LogP contribution is 2.15. The molecule has 10 heteroatoms. The lowest BCUT2D eigenvalue weighted by molar-refractivity contribution is -0.121. The average molecular weight is 424 g/mol. The number of carbonyl (C=O) groups excluding carboxylic acids is 2. The first-order valence-corrected chi connectivity index (χ1v) is 9.88. The van der Waals surface area contributed by atoms with E-state index in [0.29, 0.717) is 35.3 Å². The summed E-state index contributed by atoms with van der Waals surface area (Å²) in [6, 6.07) is 11.5. The van der Waals surface area contributed by atoms with Crippen LogP contribution in [0.15, 0.2) is 54.9 Å². The SMILES string of the molecule is O=C(Cn1cc(NC(=O)c2ccc3nsnc3c2)cn1)NCCc1ccccc1F. The molecule has 0 aliphatic carbocycles. The number of nitrogens with zero attached hydrogens (tertiary/aromatic N) is 4. The summed E-state index contributed by atoms with van der Waals surface area (Å²) in [5, 5.41) is 9.56. The van der Waals surface area contributed by atoms with Gasteiger partial charge in [0.15, 0.2) is 0 Å². The monoisotopic (exact) mass is 424 g/mol. The van der Waals surface area contributed by atoms with Gasteiger partial charge in [-0.3, -0.25) is 14.3 Å². The van der Waals surface area contributed by atoms with E-state index in [9.17, 15) is 14.0 Å². The van der Waals surface area contributed by atoms with Crippen LogP contribution in [0.5, 0.6) is 0 Å². The lowest BCUT2D eigenvalue weighted by Crippen LogP contribution is -2.29. The molecule has 2 aromatic heterocycles. The lowest BCUT2D eigenvalue weighted by atomic mass is 10.1. The quantitative estimate of drug-likeness (QED) is 0.475. The van der Waals surface area contributed by atoms with Crippen molar-refractivity contribution in [3.8, 4) is 0 Å². The zero-order valence-electron chi connectivity index (χ0n) is 15.7. The summed E-state index contributed by atoms with van der Waals surface area (Å²) in [5.41, 5.74) is 2.87. The Morgan fingerprint density at radius 3 is 2.80 bits per heavy atom. The third kappa shape index (κ3) is 4.66. The number of fused-ring (bicyclic) bond motifs is 1. The molecule has 2 aromatic carbocycles. The van der Waals surface area contributed by atoms with E-state index in [0.717, 1.165) is 17.2 Å². The molecule has 4 aromatic rings. The van der Waals surface area contributed by atoms with E-state index in [1.807, 2.05) is 0 Å². The highest BCUT2D eigenvalue weighted by Gasteiger charge is 2.11. The molecule has 2 N–H and O–H groups in total. The van der Waals surface area contributed by atoms with E-state index >= 15 is 0 Å². The summed E-state index contributed by atoms with van der Waals surface area (Å²) >= 11 is 1.09. The second-order valence-electron chi connectivity index (χ2n) is 6.54. The molecule has 8 nitrogen and oxygen atoms in total. The van der Waals surface area contributed by atoms with Crippen LogP contribution in [0.1, 0.15) is 15.9 Å². The summed E-state index contributed by atoms with van der Waals surface area (Å²) < 4.78 is 23.2. The van der Waals surface area contributed by atoms with Crippen molar-refractivity contribution in [3.05, 3.63) is 71.8 Å². The van der Waals surface area contributed by atoms with E-state index in [4.69, 9.17) is 0 Å². The normalized spacial score (nSPS) is 10.8. The van der Waals surface area contributed by atoms with E-state index < -0.39 is 0 Å². The molecule has 2 amide bonds. The van der Waals surface area contributed by atoms with E-state index in [-0.39, 0.29) is 24.2 Å². The Morgan fingerprint density at radius 2 is 1.93 bits per heavy atom. The molecule has 0 bridgehead atoms. The van der Waals surface area contributed by atoms with Crippen molar-refractivity contribution in [1.29, 1.82) is 0 Å². The Kier molecular flexibility index (Phi) is 5.75. The maximum absolute atomic E-state index is 13.6. The minimum absolute atomic E-state index is 0.0103. The standard InChI is InChI=1S/C20H17FN6O2S/c21-16-4-2-1-3-13(16)7-8-22-19(28)12-27-11-15(10-23-27)24-20(29)14-5-6-17-18(9-14)26-30-25-17/h1-6,9-11H,7-8,12H2,(H,22,28)(H,24,29). The largest absolute Gasteiger partial charge is 0.354 e. The number of carbonyl (C=O) groups is 2. The van der Waals surface area contributed by atoms with Crippen LogP contribution in [-0.4, -0.2) is 36.9 Å². The minimum Gasteiger partial charge on any atom is -0.354 e. The molecule has 0 aliphatic heterocycles. The molecule has 0 saturated carbocycles. The van der Waals surface area contributed by atoms with Crippen LogP contribution in [0.2, 0.25) is 0 Å². The van der Waals surface area contributed by atoms with Gasteiger partial charge < -0.3 is 10.6 Å². The topological polar surface area (TPSA) is 102 Å². The summed E-state index contributed by atoms with van der Waals surface area (Å²) in [6.45, 7) is 0.308. The Labute approximate surface area is 175 Å². The Balaban J connectivity index is 1.28. The number of nitrogens with one attached hydrogen (secondary N) is 2. The summed E-state index contributed by atoms with van der Waals surface area (Å²) in [7, 11) is 0. The van der Waals surface area contributed by atoms with Crippen molar-refractivity contribution < 1.29 is 14.0 Å². The first kappa shape index (κ1) is 19.6. The van der Waals surface area contributed by atoms with Gasteiger partial charge in [0.1, 0.15) is 23.4 Å². The molecule has 4 rings (SSSR count). The van der Waals surface area contributed by atoms with Gasteiger partial charge in [-0.1, -0.05) is 18.2 Å². The highest BCUT2D eigenvalue weighted by atomic mass is 32.1. The number of benzene rings is 2. The Bertz CT molecular complexity index is 1200. The molecule has 2 heterocycles. The molecule has 0 spiro atoms. The van der Waals surface area contributed by atoms with Crippen LogP contribution in [0, 0.1) is 5.82 Å². The zero-order chi connectivity index (χ0) is 20.9. The smallest absolute Gasteiger partial charge is 0.255 e. The van der Waals surface area contributed by atoms with Crippen molar-refractivity contribution in [2.24, 2.45) is 0 Å². The molecule has 0 aliphatic rings. The number of rotatable bonds is 7. The predicted octanol–water partition coefficient (Wildman–Crippen LogP) is 2.64. The zero-order valence-corrected chi connectivity index (χ0v) is 16.5. The van der Waals surface area contributed by atoms with Gasteiger partial charge in [-0.05, 0) is 36.2 Å². The van der Waals surface area contributed by atoms with Crippen LogP contribution < -0.4 is 10.6 Å². The van der Waals surface area contributed by atoms with E-state index in [2.05, 4.69) is 24.5 Å². The number of aromatic nitrogens is 4.